The Morgan fingerprint density at radius 2 is 0.667 bits per heavy atom. The van der Waals surface area contributed by atoms with E-state index in [1.165, 1.54) is 31.8 Å². The summed E-state index contributed by atoms with van der Waals surface area (Å²) in [6, 6.07) is 74.2. The van der Waals surface area contributed by atoms with E-state index < -0.39 is 25.9 Å². The Balaban J connectivity index is 0.000000175. The molecule has 0 aliphatic heterocycles. The van der Waals surface area contributed by atoms with Crippen molar-refractivity contribution < 1.29 is 28.8 Å². The summed E-state index contributed by atoms with van der Waals surface area (Å²) in [5.41, 5.74) is 0.444. The van der Waals surface area contributed by atoms with Crippen LogP contribution in [0.15, 0.2) is 206 Å². The molecular formula is C44H39NO2P2PdS. The van der Waals surface area contributed by atoms with Gasteiger partial charge < -0.3 is 4.31 Å². The number of para-hydroxylation sites is 1. The molecule has 7 rings (SSSR count). The molecule has 7 aromatic rings. The molecule has 0 N–H and O–H groups in total. The molecule has 0 atom stereocenters. The van der Waals surface area contributed by atoms with E-state index in [4.69, 9.17) is 0 Å². The molecule has 0 heterocycles. The Labute approximate surface area is 320 Å². The molecule has 258 valence electrons. The van der Waals surface area contributed by atoms with E-state index in [1.807, 2.05) is 0 Å². The van der Waals surface area contributed by atoms with Crippen LogP contribution >= 0.6 is 15.8 Å². The molecule has 0 aromatic heterocycles. The predicted octanol–water partition coefficient (Wildman–Crippen LogP) is 7.93. The van der Waals surface area contributed by atoms with Crippen LogP contribution in [0.1, 0.15) is 0 Å². The molecule has 0 fully saturated rings. The fourth-order valence-corrected chi connectivity index (χ4v) is 10.2. The average Bonchev–Trinajstić information content (AvgIpc) is 3.18. The van der Waals surface area contributed by atoms with Crippen LogP contribution in [0, 0.1) is 13.1 Å². The smallest absolute Gasteiger partial charge is 0.444 e. The first kappa shape index (κ1) is 39.6. The fraction of sp³-hybridized carbons (Fsp3) is 0.0227. The molecule has 51 heavy (non-hydrogen) atoms. The number of hydrogen-bond donors (Lipinski definition) is 0. The normalized spacial score (nSPS) is 10.5. The van der Waals surface area contributed by atoms with Crippen molar-refractivity contribution in [3.8, 4) is 0 Å². The summed E-state index contributed by atoms with van der Waals surface area (Å²) in [4.78, 5) is 0. The molecule has 0 amide bonds. The summed E-state index contributed by atoms with van der Waals surface area (Å²) in [6.45, 7) is 0. The molecule has 0 saturated carbocycles. The molecule has 0 aliphatic carbocycles. The SMILES string of the molecule is [CH2-]N(c1[c-]cccc1)S(C)(=O)=O.[Pd+2].c1ccc(P(c2ccccc2)c2ccccc2)cc1.c1ccc(P(c2ccccc2)c2ccccc2)cc1. The number of sulfonamides is 1. The van der Waals surface area contributed by atoms with Crippen LogP contribution in [0.3, 0.4) is 0 Å². The van der Waals surface area contributed by atoms with E-state index in [0.717, 1.165) is 10.6 Å². The minimum Gasteiger partial charge on any atom is -0.444 e. The molecule has 0 bridgehead atoms. The Bertz CT molecular complexity index is 1770. The summed E-state index contributed by atoms with van der Waals surface area (Å²) in [6.07, 6.45) is 1.10. The minimum atomic E-state index is -3.26. The summed E-state index contributed by atoms with van der Waals surface area (Å²) in [5, 5.41) is 8.39. The van der Waals surface area contributed by atoms with Gasteiger partial charge in [-0.3, -0.25) is 0 Å². The van der Waals surface area contributed by atoms with Crippen molar-refractivity contribution in [3.05, 3.63) is 219 Å². The van der Waals surface area contributed by atoms with Gasteiger partial charge in [-0.1, -0.05) is 188 Å². The average molecular weight is 814 g/mol. The zero-order valence-corrected chi connectivity index (χ0v) is 32.4. The van der Waals surface area contributed by atoms with Crippen molar-refractivity contribution in [1.82, 2.24) is 0 Å². The summed E-state index contributed by atoms with van der Waals surface area (Å²) >= 11 is 0. The topological polar surface area (TPSA) is 37.4 Å². The van der Waals surface area contributed by atoms with Gasteiger partial charge >= 0.3 is 20.4 Å². The van der Waals surface area contributed by atoms with Gasteiger partial charge in [0, 0.05) is 0 Å². The largest absolute Gasteiger partial charge is 2.00 e. The van der Waals surface area contributed by atoms with Gasteiger partial charge in [0.15, 0.2) is 0 Å². The van der Waals surface area contributed by atoms with E-state index >= 15 is 0 Å². The standard InChI is InChI=1S/2C18H15P.C8H9NO2S.Pd/c2*1-4-10-16(11-5-1)19(17-12-6-2-7-13-17)18-14-8-3-9-15-18;1-9(12(2,10)11)8-6-4-3-5-7-8;/h2*1-15H;3-6H,1H2,2H3;/q;;-2;+2. The number of anilines is 1. The Morgan fingerprint density at radius 1 is 0.431 bits per heavy atom. The van der Waals surface area contributed by atoms with Crippen LogP contribution in [0.5, 0.6) is 0 Å². The van der Waals surface area contributed by atoms with Crippen molar-refractivity contribution in [3.63, 3.8) is 0 Å². The van der Waals surface area contributed by atoms with Gasteiger partial charge in [0.2, 0.25) is 10.0 Å². The summed E-state index contributed by atoms with van der Waals surface area (Å²) in [5.74, 6) is 0. The Morgan fingerprint density at radius 3 is 0.863 bits per heavy atom. The maximum absolute atomic E-state index is 11.0. The van der Waals surface area contributed by atoms with E-state index in [1.54, 1.807) is 24.3 Å². The maximum Gasteiger partial charge on any atom is 2.00 e. The summed E-state index contributed by atoms with van der Waals surface area (Å²) in [7, 11) is -0.763. The molecule has 7 aromatic carbocycles. The molecule has 0 spiro atoms. The van der Waals surface area contributed by atoms with Crippen LogP contribution < -0.4 is 36.1 Å². The first-order chi connectivity index (χ1) is 24.4. The molecule has 0 aliphatic rings. The van der Waals surface area contributed by atoms with Crippen LogP contribution in [-0.2, 0) is 30.4 Å². The van der Waals surface area contributed by atoms with Crippen molar-refractivity contribution >= 4 is 63.4 Å². The van der Waals surface area contributed by atoms with E-state index in [0.29, 0.717) is 5.69 Å². The summed E-state index contributed by atoms with van der Waals surface area (Å²) < 4.78 is 22.9. The zero-order chi connectivity index (χ0) is 35.0. The second-order valence-electron chi connectivity index (χ2n) is 11.0. The van der Waals surface area contributed by atoms with E-state index in [9.17, 15) is 8.42 Å². The van der Waals surface area contributed by atoms with E-state index in [-0.39, 0.29) is 20.4 Å². The van der Waals surface area contributed by atoms with E-state index in [2.05, 4.69) is 195 Å². The number of rotatable bonds is 8. The quantitative estimate of drug-likeness (QED) is 0.0889. The van der Waals surface area contributed by atoms with Gasteiger partial charge in [0.1, 0.15) is 0 Å². The predicted molar refractivity (Wildman–Crippen MR) is 218 cm³/mol. The second kappa shape index (κ2) is 20.6. The van der Waals surface area contributed by atoms with Gasteiger partial charge in [-0.25, -0.2) is 15.5 Å². The third kappa shape index (κ3) is 11.9. The molecule has 0 unspecified atom stereocenters. The third-order valence-corrected chi connectivity index (χ3v) is 13.3. The first-order valence-electron chi connectivity index (χ1n) is 16.1. The molecular weight excluding hydrogens is 775 g/mol. The Kier molecular flexibility index (Phi) is 16.0. The maximum atomic E-state index is 11.0. The van der Waals surface area contributed by atoms with Crippen LogP contribution in [0.4, 0.5) is 5.69 Å². The fourth-order valence-electron chi connectivity index (χ4n) is 5.07. The molecule has 0 radical (unpaired) electrons. The second-order valence-corrected chi connectivity index (χ2v) is 17.4. The zero-order valence-electron chi connectivity index (χ0n) is 28.2. The molecule has 7 heteroatoms. The minimum absolute atomic E-state index is 0. The number of benzene rings is 7. The van der Waals surface area contributed by atoms with Crippen molar-refractivity contribution in [1.29, 1.82) is 0 Å². The van der Waals surface area contributed by atoms with Crippen LogP contribution in [-0.4, -0.2) is 14.7 Å². The third-order valence-electron chi connectivity index (χ3n) is 7.45. The van der Waals surface area contributed by atoms with Crippen LogP contribution in [0.2, 0.25) is 0 Å². The van der Waals surface area contributed by atoms with Crippen molar-refractivity contribution in [2.45, 2.75) is 0 Å². The number of nitrogens with zero attached hydrogens (tertiary/aromatic N) is 1. The van der Waals surface area contributed by atoms with Crippen molar-refractivity contribution in [2.24, 2.45) is 0 Å². The van der Waals surface area contributed by atoms with Gasteiger partial charge in [0.25, 0.3) is 0 Å². The number of hydrogen-bond acceptors (Lipinski definition) is 2. The van der Waals surface area contributed by atoms with Crippen LogP contribution in [0.25, 0.3) is 0 Å². The van der Waals surface area contributed by atoms with Gasteiger partial charge in [-0.2, -0.15) is 24.3 Å². The molecule has 0 saturated heterocycles. The van der Waals surface area contributed by atoms with Crippen molar-refractivity contribution in [2.75, 3.05) is 10.6 Å². The first-order valence-corrected chi connectivity index (χ1v) is 20.6. The van der Waals surface area contributed by atoms with Gasteiger partial charge in [-0.05, 0) is 47.7 Å². The monoisotopic (exact) mass is 813 g/mol. The van der Waals surface area contributed by atoms with Gasteiger partial charge in [0.05, 0.1) is 6.26 Å². The van der Waals surface area contributed by atoms with Gasteiger partial charge in [-0.15, -0.1) is 6.07 Å². The molecule has 3 nitrogen and oxygen atoms in total. The Hall–Kier alpha value is -4.19.